The molecule has 0 spiro atoms. The van der Waals surface area contributed by atoms with Crippen LogP contribution in [0.4, 0.5) is 5.69 Å². The van der Waals surface area contributed by atoms with E-state index in [4.69, 9.17) is 4.74 Å². The molecule has 1 heterocycles. The van der Waals surface area contributed by atoms with Crippen LogP contribution in [-0.4, -0.2) is 36.1 Å². The van der Waals surface area contributed by atoms with Gasteiger partial charge in [0.05, 0.1) is 19.3 Å². The second-order valence-electron chi connectivity index (χ2n) is 4.73. The van der Waals surface area contributed by atoms with Gasteiger partial charge in [-0.15, -0.1) is 0 Å². The van der Waals surface area contributed by atoms with E-state index in [1.807, 2.05) is 0 Å². The number of benzene rings is 1. The number of β-lactam (4-membered cyclic amide) rings is 1. The second-order valence-corrected chi connectivity index (χ2v) is 4.73. The molecule has 3 atom stereocenters. The minimum Gasteiger partial charge on any atom is -0.497 e. The van der Waals surface area contributed by atoms with Gasteiger partial charge in [-0.2, -0.15) is 0 Å². The first kappa shape index (κ1) is 13.5. The number of aliphatic hydroxyl groups excluding tert-OH is 1. The number of amides is 1. The lowest BCUT2D eigenvalue weighted by Gasteiger charge is -2.47. The highest BCUT2D eigenvalue weighted by molar-refractivity contribution is 6.15. The van der Waals surface area contributed by atoms with Crippen LogP contribution in [0.15, 0.2) is 24.3 Å². The number of methoxy groups -OCH3 is 1. The summed E-state index contributed by atoms with van der Waals surface area (Å²) in [6.07, 6.45) is -0.756. The molecule has 1 amide bonds. The van der Waals surface area contributed by atoms with Crippen LogP contribution in [0.2, 0.25) is 0 Å². The number of anilines is 1. The number of ether oxygens (including phenoxy) is 1. The van der Waals surface area contributed by atoms with Crippen molar-refractivity contribution in [1.29, 1.82) is 0 Å². The van der Waals surface area contributed by atoms with Crippen LogP contribution in [0.25, 0.3) is 0 Å². The Balaban J connectivity index is 2.28. The van der Waals surface area contributed by atoms with Gasteiger partial charge in [-0.25, -0.2) is 0 Å². The van der Waals surface area contributed by atoms with Crippen molar-refractivity contribution in [1.82, 2.24) is 0 Å². The molecule has 0 aromatic heterocycles. The third-order valence-electron chi connectivity index (χ3n) is 3.43. The first-order valence-electron chi connectivity index (χ1n) is 6.13. The number of carbonyl (C=O) groups excluding carboxylic acids is 2. The van der Waals surface area contributed by atoms with Gasteiger partial charge >= 0.3 is 0 Å². The van der Waals surface area contributed by atoms with Crippen molar-refractivity contribution >= 4 is 17.4 Å². The van der Waals surface area contributed by atoms with E-state index in [0.717, 1.165) is 0 Å². The maximum Gasteiger partial charge on any atom is 0.240 e. The molecule has 1 aromatic carbocycles. The van der Waals surface area contributed by atoms with E-state index < -0.39 is 18.1 Å². The number of aliphatic hydroxyl groups is 1. The highest BCUT2D eigenvalue weighted by Crippen LogP contribution is 2.35. The van der Waals surface area contributed by atoms with Gasteiger partial charge in [-0.3, -0.25) is 9.59 Å². The second kappa shape index (κ2) is 5.01. The highest BCUT2D eigenvalue weighted by atomic mass is 16.5. The Morgan fingerprint density at radius 2 is 1.95 bits per heavy atom. The molecule has 5 heteroatoms. The zero-order valence-corrected chi connectivity index (χ0v) is 11.2. The summed E-state index contributed by atoms with van der Waals surface area (Å²) in [4.78, 5) is 25.0. The van der Waals surface area contributed by atoms with Gasteiger partial charge in [0.25, 0.3) is 0 Å². The molecular formula is C14H17NO4. The summed E-state index contributed by atoms with van der Waals surface area (Å²) in [5, 5.41) is 9.77. The summed E-state index contributed by atoms with van der Waals surface area (Å²) in [5.41, 5.74) is 0.661. The van der Waals surface area contributed by atoms with Crippen molar-refractivity contribution in [3.8, 4) is 5.75 Å². The molecule has 2 rings (SSSR count). The summed E-state index contributed by atoms with van der Waals surface area (Å²) < 4.78 is 5.05. The molecule has 1 aliphatic rings. The normalized spacial score (nSPS) is 23.8. The molecule has 1 fully saturated rings. The van der Waals surface area contributed by atoms with Crippen molar-refractivity contribution < 1.29 is 19.4 Å². The number of rotatable bonds is 4. The molecule has 1 saturated heterocycles. The number of nitrogens with zero attached hydrogens (tertiary/aromatic N) is 1. The Morgan fingerprint density at radius 3 is 2.37 bits per heavy atom. The number of Topliss-reactive ketones (excluding diaryl/α,β-unsaturated/α-hetero) is 1. The Kier molecular flexibility index (Phi) is 3.57. The van der Waals surface area contributed by atoms with Crippen molar-refractivity contribution in [3.05, 3.63) is 24.3 Å². The quantitative estimate of drug-likeness (QED) is 0.650. The largest absolute Gasteiger partial charge is 0.497 e. The van der Waals surface area contributed by atoms with Crippen LogP contribution in [0.3, 0.4) is 0 Å². The lowest BCUT2D eigenvalue weighted by atomic mass is 9.81. The smallest absolute Gasteiger partial charge is 0.240 e. The van der Waals surface area contributed by atoms with Gasteiger partial charge in [0.15, 0.2) is 0 Å². The van der Waals surface area contributed by atoms with Crippen LogP contribution in [0.5, 0.6) is 5.75 Å². The molecule has 0 radical (unpaired) electrons. The molecule has 19 heavy (non-hydrogen) atoms. The molecule has 0 saturated carbocycles. The topological polar surface area (TPSA) is 66.8 Å². The molecule has 1 N–H and O–H groups in total. The summed E-state index contributed by atoms with van der Waals surface area (Å²) >= 11 is 0. The lowest BCUT2D eigenvalue weighted by molar-refractivity contribution is -0.141. The maximum absolute atomic E-state index is 12.0. The van der Waals surface area contributed by atoms with Crippen molar-refractivity contribution in [2.24, 2.45) is 5.92 Å². The fourth-order valence-corrected chi connectivity index (χ4v) is 2.46. The van der Waals surface area contributed by atoms with E-state index in [9.17, 15) is 14.7 Å². The van der Waals surface area contributed by atoms with Gasteiger partial charge < -0.3 is 14.7 Å². The van der Waals surface area contributed by atoms with Crippen molar-refractivity contribution in [2.45, 2.75) is 26.0 Å². The SMILES string of the molecule is COc1ccc(N2C(=O)C(C(C)=O)C2[C@@H](C)O)cc1. The fraction of sp³-hybridized carbons (Fsp3) is 0.429. The summed E-state index contributed by atoms with van der Waals surface area (Å²) in [6, 6.07) is 6.47. The van der Waals surface area contributed by atoms with E-state index >= 15 is 0 Å². The average molecular weight is 263 g/mol. The fourth-order valence-electron chi connectivity index (χ4n) is 2.46. The van der Waals surface area contributed by atoms with Crippen LogP contribution in [0, 0.1) is 5.92 Å². The van der Waals surface area contributed by atoms with Gasteiger partial charge in [-0.1, -0.05) is 0 Å². The number of hydrogen-bond donors (Lipinski definition) is 1. The number of ketones is 1. The molecule has 1 aliphatic heterocycles. The van der Waals surface area contributed by atoms with E-state index in [1.165, 1.54) is 11.8 Å². The summed E-state index contributed by atoms with van der Waals surface area (Å²) in [7, 11) is 1.56. The Morgan fingerprint density at radius 1 is 1.37 bits per heavy atom. The van der Waals surface area contributed by atoms with Crippen LogP contribution in [-0.2, 0) is 9.59 Å². The van der Waals surface area contributed by atoms with Gasteiger partial charge in [0, 0.05) is 5.69 Å². The predicted molar refractivity (Wildman–Crippen MR) is 70.1 cm³/mol. The highest BCUT2D eigenvalue weighted by Gasteiger charge is 2.52. The molecule has 1 aromatic rings. The van der Waals surface area contributed by atoms with Crippen molar-refractivity contribution in [2.75, 3.05) is 12.0 Å². The van der Waals surface area contributed by atoms with E-state index in [-0.39, 0.29) is 11.7 Å². The monoisotopic (exact) mass is 263 g/mol. The van der Waals surface area contributed by atoms with Gasteiger partial charge in [0.2, 0.25) is 5.91 Å². The molecule has 102 valence electrons. The van der Waals surface area contributed by atoms with Crippen LogP contribution < -0.4 is 9.64 Å². The lowest BCUT2D eigenvalue weighted by Crippen LogP contribution is -2.67. The zero-order valence-electron chi connectivity index (χ0n) is 11.2. The predicted octanol–water partition coefficient (Wildman–Crippen LogP) is 0.996. The van der Waals surface area contributed by atoms with Gasteiger partial charge in [0.1, 0.15) is 17.5 Å². The number of carbonyl (C=O) groups is 2. The third kappa shape index (κ3) is 2.21. The molecule has 0 bridgehead atoms. The van der Waals surface area contributed by atoms with Crippen molar-refractivity contribution in [3.63, 3.8) is 0 Å². The Bertz CT molecular complexity index is 495. The standard InChI is InChI=1S/C14H17NO4/c1-8(16)12-13(9(2)17)15(14(12)18)10-4-6-11(19-3)7-5-10/h4-7,9,12-13,17H,1-3H3/t9-,12?,13?/m1/s1. The zero-order chi connectivity index (χ0) is 14.2. The molecule has 5 nitrogen and oxygen atoms in total. The van der Waals surface area contributed by atoms with E-state index in [0.29, 0.717) is 11.4 Å². The van der Waals surface area contributed by atoms with E-state index in [1.54, 1.807) is 38.3 Å². The van der Waals surface area contributed by atoms with Gasteiger partial charge in [-0.05, 0) is 38.1 Å². The van der Waals surface area contributed by atoms with E-state index in [2.05, 4.69) is 0 Å². The average Bonchev–Trinajstić information content (AvgIpc) is 2.35. The summed E-state index contributed by atoms with van der Waals surface area (Å²) in [5.74, 6) is -0.514. The minimum absolute atomic E-state index is 0.208. The Hall–Kier alpha value is -1.88. The first-order chi connectivity index (χ1) is 8.97. The molecular weight excluding hydrogens is 246 g/mol. The van der Waals surface area contributed by atoms with Crippen LogP contribution in [0.1, 0.15) is 13.8 Å². The summed E-state index contributed by atoms with van der Waals surface area (Å²) in [6.45, 7) is 2.97. The maximum atomic E-state index is 12.0. The molecule has 2 unspecified atom stereocenters. The molecule has 0 aliphatic carbocycles. The Labute approximate surface area is 111 Å². The minimum atomic E-state index is -0.756. The number of hydrogen-bond acceptors (Lipinski definition) is 4. The first-order valence-corrected chi connectivity index (χ1v) is 6.13. The van der Waals surface area contributed by atoms with Crippen LogP contribution >= 0.6 is 0 Å². The third-order valence-corrected chi connectivity index (χ3v) is 3.43.